The summed E-state index contributed by atoms with van der Waals surface area (Å²) >= 11 is 0. The topological polar surface area (TPSA) is 74.6 Å². The Bertz CT molecular complexity index is 455. The minimum atomic E-state index is -0.711. The Morgan fingerprint density at radius 3 is 1.17 bits per heavy atom. The highest BCUT2D eigenvalue weighted by atomic mass is 16.4. The summed E-state index contributed by atoms with van der Waals surface area (Å²) in [4.78, 5) is 24.2. The van der Waals surface area contributed by atoms with Gasteiger partial charge in [0.1, 0.15) is 0 Å². The molecule has 0 radical (unpaired) electrons. The minimum absolute atomic E-state index is 0.522. The van der Waals surface area contributed by atoms with Gasteiger partial charge < -0.3 is 10.2 Å². The number of hydrogen-bond donors (Lipinski definition) is 2. The van der Waals surface area contributed by atoms with E-state index in [0.29, 0.717) is 38.5 Å². The molecule has 0 aromatic heterocycles. The summed E-state index contributed by atoms with van der Waals surface area (Å²) < 4.78 is 0. The molecule has 0 saturated heterocycles. The van der Waals surface area contributed by atoms with E-state index < -0.39 is 22.8 Å². The number of hydrogen-bond acceptors (Lipinski definition) is 2. The highest BCUT2D eigenvalue weighted by molar-refractivity contribution is 5.78. The number of rotatable bonds is 16. The van der Waals surface area contributed by atoms with Crippen LogP contribution in [-0.2, 0) is 9.59 Å². The summed E-state index contributed by atoms with van der Waals surface area (Å²) in [5, 5.41) is 19.9. The lowest BCUT2D eigenvalue weighted by Gasteiger charge is -2.42. The zero-order chi connectivity index (χ0) is 22.6. The van der Waals surface area contributed by atoms with Crippen LogP contribution in [0.25, 0.3) is 0 Å². The van der Waals surface area contributed by atoms with Crippen molar-refractivity contribution in [3.05, 3.63) is 0 Å². The van der Waals surface area contributed by atoms with Crippen molar-refractivity contribution in [1.29, 1.82) is 0 Å². The molecular weight excluding hydrogens is 376 g/mol. The third-order valence-corrected chi connectivity index (χ3v) is 7.45. The first-order chi connectivity index (χ1) is 14.1. The molecule has 1 saturated carbocycles. The van der Waals surface area contributed by atoms with Gasteiger partial charge in [-0.3, -0.25) is 9.59 Å². The second kappa shape index (κ2) is 13.4. The van der Waals surface area contributed by atoms with E-state index in [-0.39, 0.29) is 0 Å². The quantitative estimate of drug-likeness (QED) is 0.249. The van der Waals surface area contributed by atoms with E-state index in [1.807, 2.05) is 0 Å². The van der Waals surface area contributed by atoms with Gasteiger partial charge in [-0.2, -0.15) is 0 Å². The molecule has 1 rings (SSSR count). The summed E-state index contributed by atoms with van der Waals surface area (Å²) in [6.07, 6.45) is 14.8. The highest BCUT2D eigenvalue weighted by Crippen LogP contribution is 2.50. The minimum Gasteiger partial charge on any atom is -0.481 e. The molecule has 0 atom stereocenters. The predicted molar refractivity (Wildman–Crippen MR) is 124 cm³/mol. The third kappa shape index (κ3) is 8.98. The summed E-state index contributed by atoms with van der Waals surface area (Å²) in [6, 6.07) is 0. The first-order valence-corrected chi connectivity index (χ1v) is 12.6. The third-order valence-electron chi connectivity index (χ3n) is 7.45. The summed E-state index contributed by atoms with van der Waals surface area (Å²) in [5.74, 6) is 0.0378. The second-order valence-corrected chi connectivity index (χ2v) is 10.9. The van der Waals surface area contributed by atoms with Crippen LogP contribution in [0, 0.1) is 22.7 Å². The molecule has 4 heteroatoms. The standard InChI is InChI=1S/C26H48O4/c1-21(2)13-9-5-7-11-15-25(23(27)28)17-19-26(20-18-25,24(29)30)16-12-8-6-10-14-22(3)4/h21-22H,5-20H2,1-4H3,(H,27,28)(H,29,30). The molecular formula is C26H48O4. The van der Waals surface area contributed by atoms with Gasteiger partial charge in [0.15, 0.2) is 0 Å². The van der Waals surface area contributed by atoms with Crippen LogP contribution in [0.2, 0.25) is 0 Å². The van der Waals surface area contributed by atoms with Gasteiger partial charge in [-0.15, -0.1) is 0 Å². The molecule has 0 unspecified atom stereocenters. The maximum absolute atomic E-state index is 12.1. The first-order valence-electron chi connectivity index (χ1n) is 12.6. The summed E-state index contributed by atoms with van der Waals surface area (Å²) in [6.45, 7) is 8.95. The Kier molecular flexibility index (Phi) is 12.0. The van der Waals surface area contributed by atoms with Gasteiger partial charge in [0.05, 0.1) is 10.8 Å². The second-order valence-electron chi connectivity index (χ2n) is 10.9. The van der Waals surface area contributed by atoms with Crippen LogP contribution in [0.5, 0.6) is 0 Å². The number of aliphatic carboxylic acids is 2. The molecule has 0 amide bonds. The summed E-state index contributed by atoms with van der Waals surface area (Å²) in [5.41, 5.74) is -1.40. The molecule has 1 aliphatic carbocycles. The number of carbonyl (C=O) groups is 2. The molecule has 4 nitrogen and oxygen atoms in total. The summed E-state index contributed by atoms with van der Waals surface area (Å²) in [7, 11) is 0. The predicted octanol–water partition coefficient (Wildman–Crippen LogP) is 7.70. The SMILES string of the molecule is CC(C)CCCCCCC1(C(=O)O)CCC(CCCCCCC(C)C)(C(=O)O)CC1. The van der Waals surface area contributed by atoms with Gasteiger partial charge in [-0.1, -0.05) is 91.9 Å². The maximum atomic E-state index is 12.1. The maximum Gasteiger partial charge on any atom is 0.309 e. The van der Waals surface area contributed by atoms with Crippen LogP contribution in [-0.4, -0.2) is 22.2 Å². The molecule has 0 aromatic rings. The Labute approximate surface area is 185 Å². The molecule has 0 aliphatic heterocycles. The van der Waals surface area contributed by atoms with Gasteiger partial charge in [0.2, 0.25) is 0 Å². The van der Waals surface area contributed by atoms with Crippen LogP contribution in [0.1, 0.15) is 130 Å². The molecule has 1 fully saturated rings. The van der Waals surface area contributed by atoms with E-state index in [0.717, 1.165) is 37.5 Å². The van der Waals surface area contributed by atoms with Gasteiger partial charge in [-0.05, 0) is 50.4 Å². The van der Waals surface area contributed by atoms with E-state index in [1.54, 1.807) is 0 Å². The largest absolute Gasteiger partial charge is 0.481 e. The van der Waals surface area contributed by atoms with Crippen molar-refractivity contribution in [3.63, 3.8) is 0 Å². The molecule has 30 heavy (non-hydrogen) atoms. The normalized spacial score (nSPS) is 24.5. The van der Waals surface area contributed by atoms with Crippen molar-refractivity contribution in [2.24, 2.45) is 22.7 Å². The van der Waals surface area contributed by atoms with E-state index in [4.69, 9.17) is 0 Å². The van der Waals surface area contributed by atoms with E-state index in [2.05, 4.69) is 27.7 Å². The highest BCUT2D eigenvalue weighted by Gasteiger charge is 2.49. The molecule has 0 spiro atoms. The number of unbranched alkanes of at least 4 members (excludes halogenated alkanes) is 6. The van der Waals surface area contributed by atoms with Gasteiger partial charge in [0, 0.05) is 0 Å². The zero-order valence-electron chi connectivity index (χ0n) is 20.2. The molecule has 0 bridgehead atoms. The van der Waals surface area contributed by atoms with Crippen LogP contribution in [0.15, 0.2) is 0 Å². The zero-order valence-corrected chi connectivity index (χ0v) is 20.2. The van der Waals surface area contributed by atoms with E-state index >= 15 is 0 Å². The molecule has 176 valence electrons. The molecule has 0 aromatic carbocycles. The average Bonchev–Trinajstić information content (AvgIpc) is 2.67. The van der Waals surface area contributed by atoms with Crippen molar-refractivity contribution in [1.82, 2.24) is 0 Å². The Hall–Kier alpha value is -1.06. The van der Waals surface area contributed by atoms with Crippen molar-refractivity contribution in [2.45, 2.75) is 130 Å². The van der Waals surface area contributed by atoms with E-state index in [9.17, 15) is 19.8 Å². The average molecular weight is 425 g/mol. The molecule has 2 N–H and O–H groups in total. The Morgan fingerprint density at radius 2 is 0.900 bits per heavy atom. The van der Waals surface area contributed by atoms with Crippen molar-refractivity contribution in [2.75, 3.05) is 0 Å². The van der Waals surface area contributed by atoms with Crippen molar-refractivity contribution >= 4 is 11.9 Å². The lowest BCUT2D eigenvalue weighted by Crippen LogP contribution is -2.43. The smallest absolute Gasteiger partial charge is 0.309 e. The van der Waals surface area contributed by atoms with Gasteiger partial charge >= 0.3 is 11.9 Å². The van der Waals surface area contributed by atoms with Crippen molar-refractivity contribution < 1.29 is 19.8 Å². The lowest BCUT2D eigenvalue weighted by molar-refractivity contribution is -0.162. The lowest BCUT2D eigenvalue weighted by atomic mass is 9.60. The molecule has 1 aliphatic rings. The number of carboxylic acids is 2. The molecule has 0 heterocycles. The monoisotopic (exact) mass is 424 g/mol. The van der Waals surface area contributed by atoms with E-state index in [1.165, 1.54) is 38.5 Å². The number of carboxylic acid groups (broad SMARTS) is 2. The van der Waals surface area contributed by atoms with Crippen LogP contribution in [0.4, 0.5) is 0 Å². The van der Waals surface area contributed by atoms with Gasteiger partial charge in [0.25, 0.3) is 0 Å². The fourth-order valence-corrected chi connectivity index (χ4v) is 5.09. The first kappa shape index (κ1) is 27.0. The van der Waals surface area contributed by atoms with Crippen LogP contribution < -0.4 is 0 Å². The fraction of sp³-hybridized carbons (Fsp3) is 0.923. The fourth-order valence-electron chi connectivity index (χ4n) is 5.09. The Morgan fingerprint density at radius 1 is 0.600 bits per heavy atom. The Balaban J connectivity index is 2.49. The van der Waals surface area contributed by atoms with Crippen LogP contribution >= 0.6 is 0 Å². The van der Waals surface area contributed by atoms with Crippen LogP contribution in [0.3, 0.4) is 0 Å². The van der Waals surface area contributed by atoms with Gasteiger partial charge in [-0.25, -0.2) is 0 Å². The van der Waals surface area contributed by atoms with Crippen molar-refractivity contribution in [3.8, 4) is 0 Å².